The fraction of sp³-hybridized carbons (Fsp3) is 0. The summed E-state index contributed by atoms with van der Waals surface area (Å²) in [7, 11) is 0. The molecule has 0 saturated heterocycles. The Morgan fingerprint density at radius 1 is 0.391 bits per heavy atom. The van der Waals surface area contributed by atoms with Crippen LogP contribution >= 0.6 is 0 Å². The number of nitrogens with zero attached hydrogens (tertiary/aromatic N) is 3. The first-order valence-corrected chi connectivity index (χ1v) is 16.1. The lowest BCUT2D eigenvalue weighted by molar-refractivity contribution is 1.17. The predicted molar refractivity (Wildman–Crippen MR) is 194 cm³/mol. The Balaban J connectivity index is 1.28. The zero-order valence-corrected chi connectivity index (χ0v) is 24.8. The number of para-hydroxylation sites is 5. The van der Waals surface area contributed by atoms with Crippen LogP contribution in [0, 0.1) is 0 Å². The molecule has 0 unspecified atom stereocenters. The maximum absolute atomic E-state index is 2.63. The molecule has 2 aliphatic heterocycles. The van der Waals surface area contributed by atoms with E-state index in [0.29, 0.717) is 0 Å². The number of aromatic nitrogens is 3. The van der Waals surface area contributed by atoms with Crippen LogP contribution in [0.1, 0.15) is 0 Å². The molecule has 3 aromatic heterocycles. The molecule has 10 aromatic rings. The molecule has 0 bridgehead atoms. The summed E-state index contributed by atoms with van der Waals surface area (Å²) in [5.74, 6) is 0. The van der Waals surface area contributed by atoms with Crippen LogP contribution in [0.5, 0.6) is 0 Å². The third-order valence-corrected chi connectivity index (χ3v) is 10.8. The molecule has 210 valence electrons. The Morgan fingerprint density at radius 2 is 1.00 bits per heavy atom. The van der Waals surface area contributed by atoms with Crippen molar-refractivity contribution in [2.24, 2.45) is 0 Å². The van der Waals surface area contributed by atoms with Crippen LogP contribution in [-0.4, -0.2) is 20.5 Å². The molecule has 4 heteroatoms. The van der Waals surface area contributed by atoms with Crippen molar-refractivity contribution >= 4 is 83.2 Å². The van der Waals surface area contributed by atoms with Crippen molar-refractivity contribution in [2.75, 3.05) is 0 Å². The largest absolute Gasteiger partial charge is 0.375 e. The monoisotopic (exact) mass is 581 g/mol. The van der Waals surface area contributed by atoms with E-state index in [9.17, 15) is 0 Å². The first kappa shape index (κ1) is 23.4. The van der Waals surface area contributed by atoms with E-state index in [-0.39, 0.29) is 6.85 Å². The van der Waals surface area contributed by atoms with E-state index >= 15 is 0 Å². The minimum Gasteiger partial charge on any atom is -0.375 e. The average molecular weight is 581 g/mol. The first-order valence-electron chi connectivity index (χ1n) is 16.1. The fourth-order valence-electron chi connectivity index (χ4n) is 9.11. The molecular formula is C42H24BN3. The van der Waals surface area contributed by atoms with Gasteiger partial charge in [0.05, 0.1) is 22.1 Å². The van der Waals surface area contributed by atoms with Crippen molar-refractivity contribution in [2.45, 2.75) is 0 Å². The Hall–Kier alpha value is -6.00. The third-order valence-electron chi connectivity index (χ3n) is 10.8. The smallest absolute Gasteiger partial charge is 0.333 e. The maximum atomic E-state index is 2.63. The van der Waals surface area contributed by atoms with E-state index in [1.807, 2.05) is 0 Å². The highest BCUT2D eigenvalue weighted by molar-refractivity contribution is 6.90. The summed E-state index contributed by atoms with van der Waals surface area (Å²) in [4.78, 5) is 0. The fourth-order valence-corrected chi connectivity index (χ4v) is 9.11. The average Bonchev–Trinajstić information content (AvgIpc) is 3.74. The lowest BCUT2D eigenvalue weighted by Gasteiger charge is -2.33. The van der Waals surface area contributed by atoms with Gasteiger partial charge in [0.2, 0.25) is 0 Å². The molecule has 0 amide bonds. The second-order valence-electron chi connectivity index (χ2n) is 12.9. The zero-order chi connectivity index (χ0) is 29.7. The van der Waals surface area contributed by atoms with Crippen LogP contribution in [0.4, 0.5) is 0 Å². The van der Waals surface area contributed by atoms with Gasteiger partial charge in [-0.3, -0.25) is 0 Å². The molecular weight excluding hydrogens is 557 g/mol. The second kappa shape index (κ2) is 7.98. The van der Waals surface area contributed by atoms with E-state index in [2.05, 4.69) is 159 Å². The van der Waals surface area contributed by atoms with Crippen molar-refractivity contribution in [3.63, 3.8) is 0 Å². The van der Waals surface area contributed by atoms with Crippen molar-refractivity contribution < 1.29 is 0 Å². The second-order valence-corrected chi connectivity index (χ2v) is 12.9. The normalized spacial score (nSPS) is 13.2. The number of hydrogen-bond acceptors (Lipinski definition) is 0. The summed E-state index contributed by atoms with van der Waals surface area (Å²) in [5.41, 5.74) is 15.6. The van der Waals surface area contributed by atoms with Gasteiger partial charge >= 0.3 is 6.85 Å². The molecule has 0 radical (unpaired) electrons. The number of fused-ring (bicyclic) bond motifs is 13. The topological polar surface area (TPSA) is 14.8 Å². The zero-order valence-electron chi connectivity index (χ0n) is 24.8. The Labute approximate surface area is 264 Å². The lowest BCUT2D eigenvalue weighted by Crippen LogP contribution is -2.55. The van der Waals surface area contributed by atoms with Gasteiger partial charge in [-0.15, -0.1) is 0 Å². The molecule has 3 nitrogen and oxygen atoms in total. The molecule has 0 saturated carbocycles. The Bertz CT molecular complexity index is 2980. The van der Waals surface area contributed by atoms with Crippen LogP contribution in [0.15, 0.2) is 146 Å². The SMILES string of the molecule is c1ccc(-n2c3ccccc3c3cc4c(cc32)c2cccc3c2n4-c2cccc4c2B3n2c3ccccc3c3cccc-4c32)cc1. The quantitative estimate of drug-likeness (QED) is 0.172. The first-order chi connectivity index (χ1) is 22.9. The summed E-state index contributed by atoms with van der Waals surface area (Å²) < 4.78 is 7.63. The molecule has 0 spiro atoms. The summed E-state index contributed by atoms with van der Waals surface area (Å²) in [5, 5.41) is 7.81. The summed E-state index contributed by atoms with van der Waals surface area (Å²) >= 11 is 0. The van der Waals surface area contributed by atoms with Gasteiger partial charge in [-0.2, -0.15) is 0 Å². The molecule has 0 aliphatic carbocycles. The molecule has 46 heavy (non-hydrogen) atoms. The Kier molecular flexibility index (Phi) is 4.06. The minimum absolute atomic E-state index is 0.0948. The summed E-state index contributed by atoms with van der Waals surface area (Å²) in [6.45, 7) is 0.0948. The summed E-state index contributed by atoms with van der Waals surface area (Å²) in [6, 6.07) is 54.2. The molecule has 0 N–H and O–H groups in total. The van der Waals surface area contributed by atoms with Gasteiger partial charge in [0, 0.05) is 60.3 Å². The third kappa shape index (κ3) is 2.58. The molecule has 12 rings (SSSR count). The highest BCUT2D eigenvalue weighted by atomic mass is 15.0. The van der Waals surface area contributed by atoms with Gasteiger partial charge in [-0.1, -0.05) is 103 Å². The summed E-state index contributed by atoms with van der Waals surface area (Å²) in [6.07, 6.45) is 0. The number of hydrogen-bond donors (Lipinski definition) is 0. The number of rotatable bonds is 1. The van der Waals surface area contributed by atoms with Gasteiger partial charge in [0.15, 0.2) is 0 Å². The molecule has 5 heterocycles. The molecule has 0 fully saturated rings. The van der Waals surface area contributed by atoms with Crippen molar-refractivity contribution in [3.05, 3.63) is 146 Å². The number of benzene rings is 7. The highest BCUT2D eigenvalue weighted by Gasteiger charge is 2.41. The van der Waals surface area contributed by atoms with E-state index in [0.717, 1.165) is 0 Å². The highest BCUT2D eigenvalue weighted by Crippen LogP contribution is 2.44. The molecule has 0 atom stereocenters. The van der Waals surface area contributed by atoms with Crippen LogP contribution in [-0.2, 0) is 0 Å². The molecule has 7 aromatic carbocycles. The van der Waals surface area contributed by atoms with Crippen LogP contribution < -0.4 is 10.9 Å². The maximum Gasteiger partial charge on any atom is 0.333 e. The van der Waals surface area contributed by atoms with E-state index < -0.39 is 0 Å². The molecule has 2 aliphatic rings. The van der Waals surface area contributed by atoms with Gasteiger partial charge in [-0.25, -0.2) is 0 Å². The van der Waals surface area contributed by atoms with E-state index in [4.69, 9.17) is 0 Å². The lowest BCUT2D eigenvalue weighted by atomic mass is 9.45. The van der Waals surface area contributed by atoms with Gasteiger partial charge < -0.3 is 13.6 Å². The van der Waals surface area contributed by atoms with E-state index in [1.165, 1.54) is 98.8 Å². The van der Waals surface area contributed by atoms with Crippen LogP contribution in [0.2, 0.25) is 0 Å². The minimum atomic E-state index is 0.0948. The van der Waals surface area contributed by atoms with Crippen molar-refractivity contribution in [1.29, 1.82) is 0 Å². The van der Waals surface area contributed by atoms with Gasteiger partial charge in [-0.05, 0) is 59.0 Å². The van der Waals surface area contributed by atoms with Crippen molar-refractivity contribution in [3.8, 4) is 22.5 Å². The van der Waals surface area contributed by atoms with Crippen molar-refractivity contribution in [1.82, 2.24) is 13.6 Å². The van der Waals surface area contributed by atoms with Crippen LogP contribution in [0.3, 0.4) is 0 Å². The van der Waals surface area contributed by atoms with Crippen LogP contribution in [0.25, 0.3) is 87.9 Å². The van der Waals surface area contributed by atoms with E-state index in [1.54, 1.807) is 0 Å². The standard InChI is InChI=1S/C42H24BN3/c1-2-11-25(12-3-1)44-35-20-6-4-14-27(35)32-23-39-33(24-38(32)44)31-18-9-19-34-42(31)45(39)37-22-10-15-28-30-17-8-16-29-26-13-5-7-21-36(26)46(41(29)30)43(34)40(28)37/h1-24H. The van der Waals surface area contributed by atoms with Gasteiger partial charge in [0.1, 0.15) is 0 Å². The predicted octanol–water partition coefficient (Wildman–Crippen LogP) is 8.94. The Morgan fingerprint density at radius 3 is 1.85 bits per heavy atom. The van der Waals surface area contributed by atoms with Gasteiger partial charge in [0.25, 0.3) is 0 Å².